The fourth-order valence-electron chi connectivity index (χ4n) is 4.88. The van der Waals surface area contributed by atoms with Gasteiger partial charge in [0.1, 0.15) is 5.82 Å². The Hall–Kier alpha value is -4.13. The van der Waals surface area contributed by atoms with Crippen LogP contribution >= 0.6 is 0 Å². The maximum absolute atomic E-state index is 12.1. The Balaban J connectivity index is 1.54. The summed E-state index contributed by atoms with van der Waals surface area (Å²) in [4.78, 5) is 22.1. The van der Waals surface area contributed by atoms with E-state index in [9.17, 15) is 14.8 Å². The molecule has 1 aliphatic rings. The van der Waals surface area contributed by atoms with Crippen molar-refractivity contribution >= 4 is 40.9 Å². The van der Waals surface area contributed by atoms with Crippen LogP contribution in [0, 0.1) is 18.8 Å². The Kier molecular flexibility index (Phi) is 6.95. The lowest BCUT2D eigenvalue weighted by atomic mass is 9.79. The molecule has 2 aromatic carbocycles. The van der Waals surface area contributed by atoms with Crippen molar-refractivity contribution in [1.29, 1.82) is 0 Å². The minimum Gasteiger partial charge on any atom is -0.423 e. The van der Waals surface area contributed by atoms with Crippen molar-refractivity contribution in [3.05, 3.63) is 71.0 Å². The van der Waals surface area contributed by atoms with Gasteiger partial charge < -0.3 is 20.7 Å². The van der Waals surface area contributed by atoms with Gasteiger partial charge in [0.25, 0.3) is 5.91 Å². The third-order valence-corrected chi connectivity index (χ3v) is 6.60. The molecule has 0 unspecified atom stereocenters. The van der Waals surface area contributed by atoms with Gasteiger partial charge in [0.2, 0.25) is 5.95 Å². The molecule has 0 bridgehead atoms. The summed E-state index contributed by atoms with van der Waals surface area (Å²) in [6.07, 6.45) is 3.97. The van der Waals surface area contributed by atoms with E-state index in [4.69, 9.17) is 9.97 Å². The highest BCUT2D eigenvalue weighted by atomic mass is 16.4. The molecule has 0 radical (unpaired) electrons. The van der Waals surface area contributed by atoms with Crippen molar-refractivity contribution in [1.82, 2.24) is 14.5 Å². The van der Waals surface area contributed by atoms with E-state index in [1.165, 1.54) is 0 Å². The normalized spacial score (nSPS) is 12.4. The number of fused-ring (bicyclic) bond motifs is 2. The van der Waals surface area contributed by atoms with Crippen LogP contribution in [0.4, 0.5) is 11.5 Å². The third kappa shape index (κ3) is 5.07. The molecule has 5 rings (SSSR count). The van der Waals surface area contributed by atoms with Crippen LogP contribution in [-0.4, -0.2) is 37.6 Å². The van der Waals surface area contributed by atoms with Crippen LogP contribution in [0.2, 0.25) is 0 Å². The Bertz CT molecular complexity index is 1550. The lowest BCUT2D eigenvalue weighted by molar-refractivity contribution is -0.111. The minimum atomic E-state index is -1.51. The topological polar surface area (TPSA) is 112 Å². The number of aryl methyl sites for hydroxylation is 2. The van der Waals surface area contributed by atoms with Crippen LogP contribution in [0.1, 0.15) is 42.3 Å². The van der Waals surface area contributed by atoms with Crippen molar-refractivity contribution in [2.24, 2.45) is 0 Å². The summed E-state index contributed by atoms with van der Waals surface area (Å²) >= 11 is 0. The highest BCUT2D eigenvalue weighted by Gasteiger charge is 2.21. The summed E-state index contributed by atoms with van der Waals surface area (Å²) in [7, 11) is -1.51. The van der Waals surface area contributed by atoms with Gasteiger partial charge in [-0.2, -0.15) is 4.98 Å². The summed E-state index contributed by atoms with van der Waals surface area (Å²) in [6.45, 7) is 4.12. The monoisotopic (exact) mass is 493 g/mol. The molecule has 0 saturated heterocycles. The van der Waals surface area contributed by atoms with Gasteiger partial charge in [-0.3, -0.25) is 9.36 Å². The lowest BCUT2D eigenvalue weighted by Gasteiger charge is -2.21. The molecule has 4 aromatic rings. The summed E-state index contributed by atoms with van der Waals surface area (Å²) < 4.78 is 2.01. The fraction of sp³-hybridized carbons (Fsp3) is 0.250. The van der Waals surface area contributed by atoms with Gasteiger partial charge in [-0.15, -0.1) is 0 Å². The van der Waals surface area contributed by atoms with Gasteiger partial charge >= 0.3 is 7.12 Å². The maximum atomic E-state index is 12.1. The highest BCUT2D eigenvalue weighted by molar-refractivity contribution is 6.58. The van der Waals surface area contributed by atoms with E-state index in [0.29, 0.717) is 23.6 Å². The minimum absolute atomic E-state index is 0.352. The molecule has 186 valence electrons. The summed E-state index contributed by atoms with van der Waals surface area (Å²) in [5.41, 5.74) is 6.08. The largest absolute Gasteiger partial charge is 0.488 e. The molecule has 37 heavy (non-hydrogen) atoms. The van der Waals surface area contributed by atoms with Gasteiger partial charge in [-0.1, -0.05) is 36.3 Å². The summed E-state index contributed by atoms with van der Waals surface area (Å²) in [5.74, 6) is 6.16. The molecular weight excluding hydrogens is 465 g/mol. The first-order chi connectivity index (χ1) is 17.9. The Morgan fingerprint density at radius 3 is 2.73 bits per heavy atom. The van der Waals surface area contributed by atoms with Gasteiger partial charge in [0, 0.05) is 23.2 Å². The first-order valence-electron chi connectivity index (χ1n) is 12.4. The Morgan fingerprint density at radius 2 is 1.92 bits per heavy atom. The van der Waals surface area contributed by atoms with E-state index in [-0.39, 0.29) is 5.91 Å². The van der Waals surface area contributed by atoms with Crippen LogP contribution in [-0.2, 0) is 24.2 Å². The molecule has 2 heterocycles. The number of nitrogens with zero attached hydrogens (tertiary/aromatic N) is 3. The third-order valence-electron chi connectivity index (χ3n) is 6.60. The Morgan fingerprint density at radius 1 is 1.11 bits per heavy atom. The second kappa shape index (κ2) is 10.5. The average Bonchev–Trinajstić information content (AvgIpc) is 3.24. The first kappa shape index (κ1) is 24.6. The Labute approximate surface area is 215 Å². The van der Waals surface area contributed by atoms with E-state index in [1.807, 2.05) is 47.9 Å². The highest BCUT2D eigenvalue weighted by Crippen LogP contribution is 2.31. The molecule has 9 heteroatoms. The average molecular weight is 493 g/mol. The molecule has 0 aliphatic heterocycles. The zero-order chi connectivity index (χ0) is 25.9. The molecule has 4 N–H and O–H groups in total. The van der Waals surface area contributed by atoms with Crippen molar-refractivity contribution in [2.45, 2.75) is 46.1 Å². The smallest absolute Gasteiger partial charge is 0.423 e. The number of anilines is 2. The first-order valence-corrected chi connectivity index (χ1v) is 12.4. The van der Waals surface area contributed by atoms with Crippen molar-refractivity contribution in [2.75, 3.05) is 10.6 Å². The quantitative estimate of drug-likeness (QED) is 0.243. The predicted molar refractivity (Wildman–Crippen MR) is 146 cm³/mol. The van der Waals surface area contributed by atoms with E-state index in [2.05, 4.69) is 22.5 Å². The number of nitrogens with one attached hydrogen (secondary N) is 2. The fourth-order valence-corrected chi connectivity index (χ4v) is 4.88. The second-order valence-corrected chi connectivity index (χ2v) is 9.17. The predicted octanol–water partition coefficient (Wildman–Crippen LogP) is 2.86. The number of aromatic nitrogens is 3. The number of rotatable bonds is 6. The molecule has 1 aliphatic carbocycles. The van der Waals surface area contributed by atoms with E-state index in [1.54, 1.807) is 19.1 Å². The zero-order valence-electron chi connectivity index (χ0n) is 20.9. The zero-order valence-corrected chi connectivity index (χ0v) is 20.9. The molecular formula is C28H28BN5O3. The summed E-state index contributed by atoms with van der Waals surface area (Å²) in [6, 6.07) is 15.0. The van der Waals surface area contributed by atoms with Gasteiger partial charge in [-0.25, -0.2) is 4.98 Å². The van der Waals surface area contributed by atoms with Crippen LogP contribution in [0.3, 0.4) is 0 Å². The number of hydrogen-bond acceptors (Lipinski definition) is 6. The van der Waals surface area contributed by atoms with Crippen LogP contribution in [0.15, 0.2) is 48.5 Å². The van der Waals surface area contributed by atoms with Crippen LogP contribution in [0.5, 0.6) is 0 Å². The molecule has 0 fully saturated rings. The SMILES string of the molecule is CC#CC(=O)Nc1cccc2c1cc(C)n2-c1nc2c(c(NCc3cccc(B(O)O)c3)n1)CCCC2. The standard InChI is InChI=1S/C28H28BN5O3/c1-3-8-26(35)31-24-13-7-14-25-22(24)15-18(2)34(25)28-32-23-12-5-4-11-21(23)27(33-28)30-17-19-9-6-10-20(16-19)29(36)37/h6-7,9-10,13-16,36-37H,4-5,11-12,17H2,1-2H3,(H,31,35)(H,30,32,33). The maximum Gasteiger partial charge on any atom is 0.488 e. The van der Waals surface area contributed by atoms with Crippen LogP contribution < -0.4 is 16.1 Å². The van der Waals surface area contributed by atoms with Crippen LogP contribution in [0.25, 0.3) is 16.9 Å². The van der Waals surface area contributed by atoms with E-state index in [0.717, 1.165) is 64.9 Å². The molecule has 0 saturated carbocycles. The van der Waals surface area contributed by atoms with Gasteiger partial charge in [0.05, 0.1) is 16.9 Å². The number of hydrogen-bond donors (Lipinski definition) is 4. The molecule has 8 nitrogen and oxygen atoms in total. The second-order valence-electron chi connectivity index (χ2n) is 9.17. The number of carbonyl (C=O) groups excluding carboxylic acids is 1. The molecule has 2 aromatic heterocycles. The number of benzene rings is 2. The van der Waals surface area contributed by atoms with E-state index >= 15 is 0 Å². The van der Waals surface area contributed by atoms with Gasteiger partial charge in [-0.05, 0) is 74.7 Å². The molecule has 0 atom stereocenters. The van der Waals surface area contributed by atoms with Crippen molar-refractivity contribution < 1.29 is 14.8 Å². The van der Waals surface area contributed by atoms with E-state index < -0.39 is 7.12 Å². The molecule has 0 spiro atoms. The van der Waals surface area contributed by atoms with Gasteiger partial charge in [0.15, 0.2) is 0 Å². The van der Waals surface area contributed by atoms with Crippen molar-refractivity contribution in [3.63, 3.8) is 0 Å². The summed E-state index contributed by atoms with van der Waals surface area (Å²) in [5, 5.41) is 26.3. The number of carbonyl (C=O) groups is 1. The molecule has 1 amide bonds. The van der Waals surface area contributed by atoms with Crippen molar-refractivity contribution in [3.8, 4) is 17.8 Å². The lowest BCUT2D eigenvalue weighted by Crippen LogP contribution is -2.30. The number of amides is 1.